The normalized spacial score (nSPS) is 12.0. The van der Waals surface area contributed by atoms with Crippen LogP contribution in [0.2, 0.25) is 5.02 Å². The van der Waals surface area contributed by atoms with E-state index >= 15 is 0 Å². The van der Waals surface area contributed by atoms with Crippen molar-refractivity contribution >= 4 is 34.0 Å². The molecule has 5 nitrogen and oxygen atoms in total. The third-order valence-electron chi connectivity index (χ3n) is 8.08. The Balaban J connectivity index is 1.58. The van der Waals surface area contributed by atoms with Gasteiger partial charge in [0.15, 0.2) is 0 Å². The van der Waals surface area contributed by atoms with Gasteiger partial charge >= 0.3 is 0 Å². The second-order valence-corrected chi connectivity index (χ2v) is 12.3. The zero-order chi connectivity index (χ0) is 28.5. The molecule has 0 spiro atoms. The third kappa shape index (κ3) is 6.21. The molecule has 4 rings (SSSR count). The Bertz CT molecular complexity index is 1550. The summed E-state index contributed by atoms with van der Waals surface area (Å²) in [6, 6.07) is 18.6. The number of hydroxylamine groups is 1. The SMILES string of the molecule is C=C(CC(C)(C)C(C)(C)Cc1ccc2nc(-c3cc(NC(=C)c4ccc(C)cc4Cl)ccc3C)[nH]c2c1)NO. The predicted molar refractivity (Wildman–Crippen MR) is 165 cm³/mol. The number of hydrogen-bond donors (Lipinski definition) is 4. The van der Waals surface area contributed by atoms with E-state index in [1.807, 2.05) is 31.2 Å². The molecule has 0 bridgehead atoms. The van der Waals surface area contributed by atoms with Gasteiger partial charge in [0, 0.05) is 28.2 Å². The summed E-state index contributed by atoms with van der Waals surface area (Å²) in [5.41, 5.74) is 11.7. The number of aromatic nitrogens is 2. The molecule has 0 saturated heterocycles. The van der Waals surface area contributed by atoms with Crippen LogP contribution >= 0.6 is 11.6 Å². The van der Waals surface area contributed by atoms with Crippen LogP contribution in [0.25, 0.3) is 28.1 Å². The number of nitrogens with zero attached hydrogens (tertiary/aromatic N) is 1. The fourth-order valence-electron chi connectivity index (χ4n) is 4.92. The molecule has 4 N–H and O–H groups in total. The highest BCUT2D eigenvalue weighted by atomic mass is 35.5. The van der Waals surface area contributed by atoms with Gasteiger partial charge in [0.25, 0.3) is 0 Å². The average Bonchev–Trinajstić information content (AvgIpc) is 3.27. The van der Waals surface area contributed by atoms with Gasteiger partial charge in [-0.1, -0.05) is 76.7 Å². The highest BCUT2D eigenvalue weighted by Gasteiger charge is 2.37. The second kappa shape index (κ2) is 10.9. The fourth-order valence-corrected chi connectivity index (χ4v) is 5.27. The van der Waals surface area contributed by atoms with Crippen molar-refractivity contribution in [2.45, 2.75) is 54.4 Å². The molecular formula is C33H39ClN4O. The summed E-state index contributed by atoms with van der Waals surface area (Å²) in [7, 11) is 0. The number of anilines is 1. The van der Waals surface area contributed by atoms with Crippen LogP contribution in [0.1, 0.15) is 56.4 Å². The molecule has 0 radical (unpaired) electrons. The molecule has 1 heterocycles. The molecule has 0 atom stereocenters. The number of halogens is 1. The van der Waals surface area contributed by atoms with Crippen LogP contribution in [0, 0.1) is 24.7 Å². The number of benzene rings is 3. The molecule has 39 heavy (non-hydrogen) atoms. The Hall–Kier alpha value is -3.54. The minimum absolute atomic E-state index is 0.0390. The van der Waals surface area contributed by atoms with E-state index in [1.165, 1.54) is 5.56 Å². The van der Waals surface area contributed by atoms with Gasteiger partial charge < -0.3 is 10.3 Å². The van der Waals surface area contributed by atoms with Crippen molar-refractivity contribution in [1.29, 1.82) is 0 Å². The molecule has 0 amide bonds. The molecule has 0 aliphatic carbocycles. The standard InChI is InChI=1S/C33H39ClN4O/c1-20-9-13-26(28(34)15-20)23(4)35-25-12-10-21(2)27(17-25)31-36-29-14-11-24(16-30(29)37-31)19-33(7,8)32(5,6)18-22(3)38-39/h9-17,35,38-39H,3-4,18-19H2,1-2,5-8H3,(H,36,37). The van der Waals surface area contributed by atoms with E-state index in [2.05, 4.69) is 93.9 Å². The largest absolute Gasteiger partial charge is 0.355 e. The molecule has 0 aliphatic rings. The minimum atomic E-state index is -0.0781. The second-order valence-electron chi connectivity index (χ2n) is 11.9. The number of aromatic amines is 1. The quantitative estimate of drug-likeness (QED) is 0.151. The van der Waals surface area contributed by atoms with Crippen molar-refractivity contribution in [3.8, 4) is 11.4 Å². The highest BCUT2D eigenvalue weighted by Crippen LogP contribution is 2.45. The Kier molecular flexibility index (Phi) is 7.97. The lowest BCUT2D eigenvalue weighted by Crippen LogP contribution is -2.36. The van der Waals surface area contributed by atoms with Crippen LogP contribution in [-0.2, 0) is 6.42 Å². The molecule has 0 fully saturated rings. The van der Waals surface area contributed by atoms with E-state index in [0.29, 0.717) is 17.1 Å². The Labute approximate surface area is 237 Å². The molecule has 0 unspecified atom stereocenters. The Morgan fingerprint density at radius 3 is 2.41 bits per heavy atom. The number of imidazole rings is 1. The first-order chi connectivity index (χ1) is 18.3. The lowest BCUT2D eigenvalue weighted by molar-refractivity contribution is 0.0945. The number of aryl methyl sites for hydroxylation is 2. The molecule has 1 aromatic heterocycles. The molecule has 3 aromatic carbocycles. The van der Waals surface area contributed by atoms with Gasteiger partial charge in [0.05, 0.1) is 16.1 Å². The Morgan fingerprint density at radius 2 is 1.72 bits per heavy atom. The first-order valence-corrected chi connectivity index (χ1v) is 13.6. The van der Waals surface area contributed by atoms with E-state index in [-0.39, 0.29) is 10.8 Å². The Morgan fingerprint density at radius 1 is 0.974 bits per heavy atom. The van der Waals surface area contributed by atoms with Crippen LogP contribution in [0.4, 0.5) is 5.69 Å². The van der Waals surface area contributed by atoms with Crippen molar-refractivity contribution in [2.24, 2.45) is 10.8 Å². The molecule has 0 saturated carbocycles. The maximum absolute atomic E-state index is 9.25. The van der Waals surface area contributed by atoms with Crippen molar-refractivity contribution in [1.82, 2.24) is 15.4 Å². The third-order valence-corrected chi connectivity index (χ3v) is 8.39. The zero-order valence-electron chi connectivity index (χ0n) is 23.8. The molecule has 0 aliphatic heterocycles. The van der Waals surface area contributed by atoms with Crippen LogP contribution in [-0.4, -0.2) is 15.2 Å². The van der Waals surface area contributed by atoms with E-state index in [0.717, 1.165) is 56.9 Å². The van der Waals surface area contributed by atoms with Crippen LogP contribution in [0.5, 0.6) is 0 Å². The lowest BCUT2D eigenvalue weighted by Gasteiger charge is -2.42. The van der Waals surface area contributed by atoms with E-state index in [4.69, 9.17) is 16.6 Å². The smallest absolute Gasteiger partial charge is 0.138 e. The minimum Gasteiger partial charge on any atom is -0.355 e. The van der Waals surface area contributed by atoms with Gasteiger partial charge in [0.2, 0.25) is 0 Å². The number of nitrogens with one attached hydrogen (secondary N) is 3. The van der Waals surface area contributed by atoms with Gasteiger partial charge in [-0.15, -0.1) is 0 Å². The zero-order valence-corrected chi connectivity index (χ0v) is 24.6. The maximum atomic E-state index is 9.25. The summed E-state index contributed by atoms with van der Waals surface area (Å²) >= 11 is 6.46. The summed E-state index contributed by atoms with van der Waals surface area (Å²) in [6.45, 7) is 21.2. The predicted octanol–water partition coefficient (Wildman–Crippen LogP) is 9.06. The monoisotopic (exact) mass is 542 g/mol. The fraction of sp³-hybridized carbons (Fsp3) is 0.303. The van der Waals surface area contributed by atoms with Crippen LogP contribution in [0.15, 0.2) is 73.5 Å². The topological polar surface area (TPSA) is 73.0 Å². The number of fused-ring (bicyclic) bond motifs is 1. The summed E-state index contributed by atoms with van der Waals surface area (Å²) in [5.74, 6) is 0.826. The first-order valence-electron chi connectivity index (χ1n) is 13.2. The van der Waals surface area contributed by atoms with Gasteiger partial charge in [-0.3, -0.25) is 10.7 Å². The number of hydrogen-bond acceptors (Lipinski definition) is 4. The van der Waals surface area contributed by atoms with Gasteiger partial charge in [0.1, 0.15) is 5.82 Å². The molecular weight excluding hydrogens is 504 g/mol. The van der Waals surface area contributed by atoms with Crippen molar-refractivity contribution in [3.63, 3.8) is 0 Å². The van der Waals surface area contributed by atoms with E-state index in [9.17, 15) is 5.21 Å². The van der Waals surface area contributed by atoms with E-state index in [1.54, 1.807) is 0 Å². The summed E-state index contributed by atoms with van der Waals surface area (Å²) in [6.07, 6.45) is 1.56. The lowest BCUT2D eigenvalue weighted by atomic mass is 9.63. The number of H-pyrrole nitrogens is 1. The van der Waals surface area contributed by atoms with Gasteiger partial charge in [-0.25, -0.2) is 4.98 Å². The van der Waals surface area contributed by atoms with Gasteiger partial charge in [-0.2, -0.15) is 0 Å². The highest BCUT2D eigenvalue weighted by molar-refractivity contribution is 6.32. The van der Waals surface area contributed by atoms with Crippen molar-refractivity contribution in [2.75, 3.05) is 5.32 Å². The molecule has 6 heteroatoms. The number of allylic oxidation sites excluding steroid dienone is 1. The van der Waals surface area contributed by atoms with Crippen molar-refractivity contribution in [3.05, 3.63) is 101 Å². The van der Waals surface area contributed by atoms with Crippen molar-refractivity contribution < 1.29 is 5.21 Å². The maximum Gasteiger partial charge on any atom is 0.138 e. The number of rotatable bonds is 10. The summed E-state index contributed by atoms with van der Waals surface area (Å²) < 4.78 is 0. The van der Waals surface area contributed by atoms with E-state index < -0.39 is 0 Å². The van der Waals surface area contributed by atoms with Crippen LogP contribution < -0.4 is 10.8 Å². The van der Waals surface area contributed by atoms with Gasteiger partial charge in [-0.05, 0) is 84.5 Å². The summed E-state index contributed by atoms with van der Waals surface area (Å²) in [5, 5.41) is 13.3. The first kappa shape index (κ1) is 28.5. The molecule has 4 aromatic rings. The average molecular weight is 543 g/mol. The summed E-state index contributed by atoms with van der Waals surface area (Å²) in [4.78, 5) is 8.46. The van der Waals surface area contributed by atoms with Crippen LogP contribution in [0.3, 0.4) is 0 Å². The molecule has 204 valence electrons.